The Hall–Kier alpha value is -4.93. The van der Waals surface area contributed by atoms with E-state index in [9.17, 15) is 0 Å². The van der Waals surface area contributed by atoms with Crippen LogP contribution in [-0.4, -0.2) is 69.0 Å². The molecule has 0 N–H and O–H groups in total. The van der Waals surface area contributed by atoms with Gasteiger partial charge < -0.3 is 37.9 Å². The van der Waals surface area contributed by atoms with Gasteiger partial charge in [-0.25, -0.2) is 4.98 Å². The highest BCUT2D eigenvalue weighted by molar-refractivity contribution is 5.66. The largest absolute Gasteiger partial charge is 0.491 e. The van der Waals surface area contributed by atoms with Gasteiger partial charge in [0.15, 0.2) is 0 Å². The SMILES string of the molecule is CC(COc1ccc(-c2ccc(Oc3ccnc(Oc4ccc(-c5ccc(OCC(C)OCC6CO6)cc5)cc4)c3)cc2)cc1)OCC1CO1. The van der Waals surface area contributed by atoms with E-state index in [4.69, 9.17) is 37.9 Å². The van der Waals surface area contributed by atoms with E-state index < -0.39 is 0 Å². The number of epoxide rings is 2. The highest BCUT2D eigenvalue weighted by Gasteiger charge is 2.24. The highest BCUT2D eigenvalue weighted by atomic mass is 16.6. The zero-order chi connectivity index (χ0) is 34.1. The van der Waals surface area contributed by atoms with E-state index in [-0.39, 0.29) is 24.4 Å². The Bertz CT molecular complexity index is 1660. The summed E-state index contributed by atoms with van der Waals surface area (Å²) in [5.41, 5.74) is 4.31. The standard InChI is InChI=1S/C41H41NO8/c1-28(43-24-39-26-47-39)22-45-34-11-3-30(4-12-34)32-7-15-36(16-8-32)49-38-19-20-42-41(21-38)50-37-17-9-33(10-18-37)31-5-13-35(14-6-31)46-23-29(2)44-25-40-27-48-40/h3-21,28-29,39-40H,22-27H2,1-2H3. The smallest absolute Gasteiger partial charge is 0.222 e. The molecular weight excluding hydrogens is 634 g/mol. The Morgan fingerprint density at radius 3 is 1.36 bits per heavy atom. The number of hydrogen-bond donors (Lipinski definition) is 0. The molecule has 0 amide bonds. The Kier molecular flexibility index (Phi) is 10.9. The lowest BCUT2D eigenvalue weighted by atomic mass is 10.1. The minimum Gasteiger partial charge on any atom is -0.491 e. The summed E-state index contributed by atoms with van der Waals surface area (Å²) in [4.78, 5) is 4.37. The summed E-state index contributed by atoms with van der Waals surface area (Å²) in [6.45, 7) is 7.82. The molecule has 258 valence electrons. The molecule has 0 radical (unpaired) electrons. The molecule has 2 fully saturated rings. The second-order valence-corrected chi connectivity index (χ2v) is 12.5. The third-order valence-corrected chi connectivity index (χ3v) is 8.16. The van der Waals surface area contributed by atoms with Crippen molar-refractivity contribution in [3.8, 4) is 56.9 Å². The first-order valence-corrected chi connectivity index (χ1v) is 17.0. The van der Waals surface area contributed by atoms with Gasteiger partial charge in [-0.15, -0.1) is 0 Å². The Labute approximate surface area is 292 Å². The molecule has 0 aliphatic carbocycles. The monoisotopic (exact) mass is 675 g/mol. The van der Waals surface area contributed by atoms with Crippen LogP contribution in [0.25, 0.3) is 22.3 Å². The molecule has 4 atom stereocenters. The lowest BCUT2D eigenvalue weighted by Crippen LogP contribution is -2.20. The third kappa shape index (κ3) is 10.1. The number of benzene rings is 4. The van der Waals surface area contributed by atoms with Crippen molar-refractivity contribution in [2.45, 2.75) is 38.3 Å². The van der Waals surface area contributed by atoms with Crippen molar-refractivity contribution >= 4 is 0 Å². The molecule has 5 aromatic rings. The third-order valence-electron chi connectivity index (χ3n) is 8.16. The average Bonchev–Trinajstić information content (AvgIpc) is 4.09. The minimum absolute atomic E-state index is 0.00418. The highest BCUT2D eigenvalue weighted by Crippen LogP contribution is 2.31. The molecule has 9 nitrogen and oxygen atoms in total. The van der Waals surface area contributed by atoms with E-state index >= 15 is 0 Å². The zero-order valence-electron chi connectivity index (χ0n) is 28.2. The Morgan fingerprint density at radius 1 is 0.540 bits per heavy atom. The van der Waals surface area contributed by atoms with Gasteiger partial charge in [0.2, 0.25) is 5.88 Å². The van der Waals surface area contributed by atoms with Crippen LogP contribution >= 0.6 is 0 Å². The van der Waals surface area contributed by atoms with E-state index in [0.29, 0.717) is 49.6 Å². The number of ether oxygens (including phenoxy) is 8. The molecule has 4 aromatic carbocycles. The van der Waals surface area contributed by atoms with Gasteiger partial charge in [0.25, 0.3) is 0 Å². The van der Waals surface area contributed by atoms with E-state index in [2.05, 4.69) is 4.98 Å². The lowest BCUT2D eigenvalue weighted by molar-refractivity contribution is 0.0241. The van der Waals surface area contributed by atoms with Crippen LogP contribution in [0, 0.1) is 0 Å². The van der Waals surface area contributed by atoms with Gasteiger partial charge in [0.1, 0.15) is 54.2 Å². The molecule has 0 bridgehead atoms. The average molecular weight is 676 g/mol. The van der Waals surface area contributed by atoms with Crippen LogP contribution in [0.5, 0.6) is 34.6 Å². The summed E-state index contributed by atoms with van der Waals surface area (Å²) in [5.74, 6) is 4.07. The fourth-order valence-corrected chi connectivity index (χ4v) is 5.08. The molecule has 7 rings (SSSR count). The molecule has 9 heteroatoms. The summed E-state index contributed by atoms with van der Waals surface area (Å²) < 4.78 is 45.8. The van der Waals surface area contributed by atoms with Gasteiger partial charge in [-0.3, -0.25) is 0 Å². The van der Waals surface area contributed by atoms with Gasteiger partial charge in [-0.2, -0.15) is 0 Å². The summed E-state index contributed by atoms with van der Waals surface area (Å²) in [5, 5.41) is 0. The number of rotatable bonds is 18. The Morgan fingerprint density at radius 2 is 0.940 bits per heavy atom. The van der Waals surface area contributed by atoms with Crippen molar-refractivity contribution in [3.63, 3.8) is 0 Å². The molecule has 1 aromatic heterocycles. The summed E-state index contributed by atoms with van der Waals surface area (Å²) in [6, 6.07) is 35.5. The molecule has 2 aliphatic rings. The summed E-state index contributed by atoms with van der Waals surface area (Å²) in [7, 11) is 0. The first-order valence-electron chi connectivity index (χ1n) is 17.0. The topological polar surface area (TPSA) is 93.3 Å². The lowest BCUT2D eigenvalue weighted by Gasteiger charge is -2.14. The van der Waals surface area contributed by atoms with E-state index in [1.54, 1.807) is 18.3 Å². The van der Waals surface area contributed by atoms with Gasteiger partial charge in [-0.05, 0) is 90.7 Å². The van der Waals surface area contributed by atoms with Crippen LogP contribution < -0.4 is 18.9 Å². The van der Waals surface area contributed by atoms with Gasteiger partial charge in [-0.1, -0.05) is 48.5 Å². The molecule has 2 saturated heterocycles. The predicted molar refractivity (Wildman–Crippen MR) is 189 cm³/mol. The number of aromatic nitrogens is 1. The summed E-state index contributed by atoms with van der Waals surface area (Å²) >= 11 is 0. The zero-order valence-corrected chi connectivity index (χ0v) is 28.2. The molecular formula is C41H41NO8. The molecule has 0 saturated carbocycles. The van der Waals surface area contributed by atoms with Gasteiger partial charge >= 0.3 is 0 Å². The van der Waals surface area contributed by atoms with Crippen LogP contribution in [0.1, 0.15) is 13.8 Å². The maximum atomic E-state index is 6.12. The fraction of sp³-hybridized carbons (Fsp3) is 0.293. The first-order chi connectivity index (χ1) is 24.5. The van der Waals surface area contributed by atoms with E-state index in [1.807, 2.05) is 111 Å². The molecule has 50 heavy (non-hydrogen) atoms. The van der Waals surface area contributed by atoms with Crippen molar-refractivity contribution in [3.05, 3.63) is 115 Å². The fourth-order valence-electron chi connectivity index (χ4n) is 5.08. The second-order valence-electron chi connectivity index (χ2n) is 12.5. The molecule has 4 unspecified atom stereocenters. The number of pyridine rings is 1. The van der Waals surface area contributed by atoms with Gasteiger partial charge in [0.05, 0.1) is 38.6 Å². The summed E-state index contributed by atoms with van der Waals surface area (Å²) in [6.07, 6.45) is 2.19. The molecule has 3 heterocycles. The Balaban J connectivity index is 0.875. The quantitative estimate of drug-likeness (QED) is 0.0850. The number of hydrogen-bond acceptors (Lipinski definition) is 9. The second kappa shape index (κ2) is 16.2. The van der Waals surface area contributed by atoms with Crippen molar-refractivity contribution in [1.29, 1.82) is 0 Å². The van der Waals surface area contributed by atoms with Crippen LogP contribution in [0.15, 0.2) is 115 Å². The maximum absolute atomic E-state index is 6.12. The minimum atomic E-state index is 0.00418. The van der Waals surface area contributed by atoms with Crippen LogP contribution in [0.3, 0.4) is 0 Å². The predicted octanol–water partition coefficient (Wildman–Crippen LogP) is 8.37. The van der Waals surface area contributed by atoms with Crippen LogP contribution in [-0.2, 0) is 18.9 Å². The van der Waals surface area contributed by atoms with E-state index in [1.165, 1.54) is 0 Å². The van der Waals surface area contributed by atoms with E-state index in [0.717, 1.165) is 47.0 Å². The maximum Gasteiger partial charge on any atom is 0.222 e. The van der Waals surface area contributed by atoms with Crippen LogP contribution in [0.4, 0.5) is 0 Å². The van der Waals surface area contributed by atoms with Crippen molar-refractivity contribution in [2.24, 2.45) is 0 Å². The number of nitrogens with zero attached hydrogens (tertiary/aromatic N) is 1. The van der Waals surface area contributed by atoms with Crippen LogP contribution in [0.2, 0.25) is 0 Å². The normalized spacial score (nSPS) is 17.4. The molecule has 0 spiro atoms. The van der Waals surface area contributed by atoms with Crippen molar-refractivity contribution in [2.75, 3.05) is 39.6 Å². The van der Waals surface area contributed by atoms with Crippen molar-refractivity contribution < 1.29 is 37.9 Å². The van der Waals surface area contributed by atoms with Crippen molar-refractivity contribution in [1.82, 2.24) is 4.98 Å². The first kappa shape index (κ1) is 33.6. The van der Waals surface area contributed by atoms with Gasteiger partial charge in [0, 0.05) is 12.3 Å². The molecule has 2 aliphatic heterocycles.